The van der Waals surface area contributed by atoms with E-state index in [4.69, 9.17) is 13.0 Å². The van der Waals surface area contributed by atoms with Gasteiger partial charge in [0.2, 0.25) is 0 Å². The van der Waals surface area contributed by atoms with Crippen LogP contribution in [0.3, 0.4) is 0 Å². The lowest BCUT2D eigenvalue weighted by atomic mass is 10.1. The molecule has 0 fully saturated rings. The van der Waals surface area contributed by atoms with Crippen LogP contribution in [0.2, 0.25) is 0 Å². The molecule has 8 heteroatoms. The summed E-state index contributed by atoms with van der Waals surface area (Å²) >= 11 is 2.35. The first-order chi connectivity index (χ1) is 7.47. The van der Waals surface area contributed by atoms with E-state index in [0.29, 0.717) is 0 Å². The molecule has 0 aliphatic heterocycles. The molecule has 0 radical (unpaired) electrons. The van der Waals surface area contributed by atoms with E-state index in [1.54, 1.807) is 0 Å². The van der Waals surface area contributed by atoms with Gasteiger partial charge in [0.25, 0.3) is 0 Å². The summed E-state index contributed by atoms with van der Waals surface area (Å²) in [5.74, 6) is 0. The molecule has 1 rings (SSSR count). The SMILES string of the molecule is Cc1cccc(I)c1C.O=S(=O)(O)C(F)(F)F. The zero-order valence-corrected chi connectivity index (χ0v) is 11.9. The quantitative estimate of drug-likeness (QED) is 0.426. The minimum absolute atomic E-state index is 1.35. The summed E-state index contributed by atoms with van der Waals surface area (Å²) < 4.78 is 58.9. The fourth-order valence-electron chi connectivity index (χ4n) is 0.715. The molecule has 0 atom stereocenters. The summed E-state index contributed by atoms with van der Waals surface area (Å²) in [6.45, 7) is 4.29. The molecule has 3 nitrogen and oxygen atoms in total. The second kappa shape index (κ2) is 6.01. The van der Waals surface area contributed by atoms with Gasteiger partial charge in [0.1, 0.15) is 0 Å². The van der Waals surface area contributed by atoms with E-state index in [1.807, 2.05) is 0 Å². The van der Waals surface area contributed by atoms with Crippen molar-refractivity contribution in [3.8, 4) is 0 Å². The van der Waals surface area contributed by atoms with E-state index in [0.717, 1.165) is 0 Å². The summed E-state index contributed by atoms with van der Waals surface area (Å²) in [5, 5.41) is 0. The molecule has 1 aromatic carbocycles. The molecule has 0 aliphatic carbocycles. The fraction of sp³-hybridized carbons (Fsp3) is 0.333. The van der Waals surface area contributed by atoms with Crippen LogP contribution in [-0.4, -0.2) is 18.5 Å². The highest BCUT2D eigenvalue weighted by Gasteiger charge is 2.44. The van der Waals surface area contributed by atoms with E-state index in [-0.39, 0.29) is 0 Å². The molecular weight excluding hydrogens is 372 g/mol. The molecule has 0 spiro atoms. The lowest BCUT2D eigenvalue weighted by molar-refractivity contribution is -0.0510. The van der Waals surface area contributed by atoms with Crippen LogP contribution < -0.4 is 0 Å². The van der Waals surface area contributed by atoms with Crippen molar-refractivity contribution in [3.63, 3.8) is 0 Å². The zero-order valence-electron chi connectivity index (χ0n) is 8.92. The first-order valence-electron chi connectivity index (χ1n) is 4.22. The van der Waals surface area contributed by atoms with Crippen LogP contribution in [0.4, 0.5) is 13.2 Å². The van der Waals surface area contributed by atoms with Crippen molar-refractivity contribution in [1.29, 1.82) is 0 Å². The highest BCUT2D eigenvalue weighted by Crippen LogP contribution is 2.20. The number of hydrogen-bond donors (Lipinski definition) is 1. The molecule has 17 heavy (non-hydrogen) atoms. The molecule has 0 amide bonds. The maximum Gasteiger partial charge on any atom is 0.522 e. The number of benzene rings is 1. The smallest absolute Gasteiger partial charge is 0.279 e. The van der Waals surface area contributed by atoms with Crippen LogP contribution in [0, 0.1) is 17.4 Å². The number of aryl methyl sites for hydroxylation is 1. The summed E-state index contributed by atoms with van der Waals surface area (Å²) in [6.07, 6.45) is 0. The Kier molecular flexibility index (Phi) is 5.88. The molecule has 1 N–H and O–H groups in total. The first-order valence-corrected chi connectivity index (χ1v) is 6.74. The Bertz CT molecular complexity index is 462. The van der Waals surface area contributed by atoms with Crippen LogP contribution >= 0.6 is 22.6 Å². The number of alkyl halides is 3. The van der Waals surface area contributed by atoms with E-state index in [1.165, 1.54) is 14.7 Å². The molecular formula is C9H10F3IO3S. The average molecular weight is 382 g/mol. The van der Waals surface area contributed by atoms with Crippen molar-refractivity contribution < 1.29 is 26.1 Å². The Labute approximate surface area is 111 Å². The van der Waals surface area contributed by atoms with E-state index in [9.17, 15) is 13.2 Å². The van der Waals surface area contributed by atoms with Gasteiger partial charge in [-0.1, -0.05) is 12.1 Å². The first kappa shape index (κ1) is 16.6. The normalized spacial score (nSPS) is 11.7. The van der Waals surface area contributed by atoms with Crippen LogP contribution in [0.25, 0.3) is 0 Å². The number of halogens is 4. The second-order valence-electron chi connectivity index (χ2n) is 3.10. The Morgan fingerprint density at radius 2 is 1.65 bits per heavy atom. The van der Waals surface area contributed by atoms with Gasteiger partial charge in [-0.2, -0.15) is 21.6 Å². The summed E-state index contributed by atoms with van der Waals surface area (Å²) in [5.41, 5.74) is -2.76. The van der Waals surface area contributed by atoms with Crippen molar-refractivity contribution in [2.24, 2.45) is 0 Å². The largest absolute Gasteiger partial charge is 0.522 e. The summed E-state index contributed by atoms with van der Waals surface area (Å²) in [4.78, 5) is 0. The topological polar surface area (TPSA) is 54.4 Å². The molecule has 0 saturated heterocycles. The number of hydrogen-bond acceptors (Lipinski definition) is 2. The predicted octanol–water partition coefficient (Wildman–Crippen LogP) is 3.30. The third kappa shape index (κ3) is 5.68. The van der Waals surface area contributed by atoms with Crippen LogP contribution in [0.1, 0.15) is 11.1 Å². The van der Waals surface area contributed by atoms with Crippen molar-refractivity contribution in [2.75, 3.05) is 0 Å². The molecule has 0 saturated carbocycles. The van der Waals surface area contributed by atoms with Gasteiger partial charge >= 0.3 is 15.6 Å². The minimum Gasteiger partial charge on any atom is -0.279 e. The zero-order chi connectivity index (χ0) is 13.9. The summed E-state index contributed by atoms with van der Waals surface area (Å²) in [6, 6.07) is 6.35. The Morgan fingerprint density at radius 3 is 1.88 bits per heavy atom. The van der Waals surface area contributed by atoms with Crippen LogP contribution in [0.5, 0.6) is 0 Å². The van der Waals surface area contributed by atoms with Gasteiger partial charge in [0.05, 0.1) is 0 Å². The lowest BCUT2D eigenvalue weighted by Crippen LogP contribution is -2.21. The third-order valence-corrected chi connectivity index (χ3v) is 3.58. The molecule has 0 heterocycles. The highest BCUT2D eigenvalue weighted by molar-refractivity contribution is 14.1. The second-order valence-corrected chi connectivity index (χ2v) is 5.68. The maximum absolute atomic E-state index is 10.7. The Morgan fingerprint density at radius 1 is 1.24 bits per heavy atom. The third-order valence-electron chi connectivity index (χ3n) is 1.83. The molecule has 0 aliphatic rings. The summed E-state index contributed by atoms with van der Waals surface area (Å²) in [7, 11) is -5.84. The van der Waals surface area contributed by atoms with Gasteiger partial charge in [-0.25, -0.2) is 0 Å². The van der Waals surface area contributed by atoms with E-state index < -0.39 is 15.6 Å². The van der Waals surface area contributed by atoms with Gasteiger partial charge in [-0.15, -0.1) is 0 Å². The van der Waals surface area contributed by atoms with Crippen LogP contribution in [0.15, 0.2) is 18.2 Å². The Balaban J connectivity index is 0.000000304. The molecule has 1 aromatic rings. The monoisotopic (exact) mass is 382 g/mol. The van der Waals surface area contributed by atoms with Gasteiger partial charge in [0.15, 0.2) is 0 Å². The van der Waals surface area contributed by atoms with Crippen LogP contribution in [-0.2, 0) is 10.1 Å². The Hall–Kier alpha value is -0.350. The standard InChI is InChI=1S/C8H9I.CHF3O3S/c1-6-4-3-5-8(9)7(6)2;2-1(3,4)8(5,6)7/h3-5H,1-2H3;(H,5,6,7). The molecule has 0 bridgehead atoms. The molecule has 0 aromatic heterocycles. The average Bonchev–Trinajstić information content (AvgIpc) is 2.12. The molecule has 98 valence electrons. The lowest BCUT2D eigenvalue weighted by Gasteiger charge is -1.99. The number of rotatable bonds is 0. The van der Waals surface area contributed by atoms with Crippen molar-refractivity contribution in [3.05, 3.63) is 32.9 Å². The predicted molar refractivity (Wildman–Crippen MR) is 66.2 cm³/mol. The van der Waals surface area contributed by atoms with E-state index >= 15 is 0 Å². The van der Waals surface area contributed by atoms with Gasteiger partial charge in [0, 0.05) is 3.57 Å². The van der Waals surface area contributed by atoms with Gasteiger partial charge in [-0.3, -0.25) is 4.55 Å². The molecule has 0 unspecified atom stereocenters. The maximum atomic E-state index is 10.7. The minimum atomic E-state index is -5.84. The fourth-order valence-corrected chi connectivity index (χ4v) is 1.35. The highest BCUT2D eigenvalue weighted by atomic mass is 127. The van der Waals surface area contributed by atoms with Crippen molar-refractivity contribution in [2.45, 2.75) is 19.4 Å². The van der Waals surface area contributed by atoms with Gasteiger partial charge in [-0.05, 0) is 53.6 Å². The van der Waals surface area contributed by atoms with Gasteiger partial charge < -0.3 is 0 Å². The van der Waals surface area contributed by atoms with Crippen molar-refractivity contribution in [1.82, 2.24) is 0 Å². The van der Waals surface area contributed by atoms with Crippen molar-refractivity contribution >= 4 is 32.7 Å². The van der Waals surface area contributed by atoms with E-state index in [2.05, 4.69) is 54.6 Å².